The predicted octanol–water partition coefficient (Wildman–Crippen LogP) is 7.05. The molecule has 4 nitrogen and oxygen atoms in total. The summed E-state index contributed by atoms with van der Waals surface area (Å²) in [6.45, 7) is 4.00. The molecule has 0 radical (unpaired) electrons. The first-order chi connectivity index (χ1) is 13.7. The number of rotatable bonds is 4. The second-order valence-electron chi connectivity index (χ2n) is 4.94. The molecule has 0 saturated carbocycles. The highest BCUT2D eigenvalue weighted by Gasteiger charge is 2.38. The van der Waals surface area contributed by atoms with Crippen molar-refractivity contribution in [2.45, 2.75) is 26.4 Å². The maximum Gasteiger partial charge on any atom is 0.573 e. The summed E-state index contributed by atoms with van der Waals surface area (Å²) in [6, 6.07) is 1.64. The highest BCUT2D eigenvalue weighted by molar-refractivity contribution is 6.32. The first-order valence-corrected chi connectivity index (χ1v) is 8.14. The van der Waals surface area contributed by atoms with Crippen LogP contribution in [0.4, 0.5) is 35.1 Å². The third-order valence-electron chi connectivity index (χ3n) is 3.08. The van der Waals surface area contributed by atoms with Crippen LogP contribution in [0.3, 0.4) is 0 Å². The van der Waals surface area contributed by atoms with Crippen LogP contribution < -0.4 is 9.47 Å². The molecule has 0 aromatic heterocycles. The highest BCUT2D eigenvalue weighted by atomic mass is 35.5. The van der Waals surface area contributed by atoms with Crippen molar-refractivity contribution in [2.75, 3.05) is 0 Å². The minimum absolute atomic E-state index is 0.169. The molecule has 13 heteroatoms. The number of ether oxygens (including phenoxy) is 2. The van der Waals surface area contributed by atoms with Gasteiger partial charge in [-0.05, 0) is 24.3 Å². The van der Waals surface area contributed by atoms with Crippen LogP contribution in [0.5, 0.6) is 17.2 Å². The van der Waals surface area contributed by atoms with E-state index in [1.54, 1.807) is 0 Å². The summed E-state index contributed by atoms with van der Waals surface area (Å²) >= 11 is 5.48. The molecular formula is C17H11ClF8O4. The molecule has 0 aliphatic heterocycles. The van der Waals surface area contributed by atoms with Crippen LogP contribution in [-0.4, -0.2) is 17.4 Å². The third kappa shape index (κ3) is 5.88. The zero-order valence-corrected chi connectivity index (χ0v) is 15.6. The lowest BCUT2D eigenvalue weighted by Gasteiger charge is -2.16. The number of carboxylic acid groups (broad SMARTS) is 1. The fourth-order valence-electron chi connectivity index (χ4n) is 1.98. The first-order valence-electron chi connectivity index (χ1n) is 7.77. The van der Waals surface area contributed by atoms with Crippen molar-refractivity contribution in [3.05, 3.63) is 52.0 Å². The molecule has 2 aromatic carbocycles. The van der Waals surface area contributed by atoms with Gasteiger partial charge in [0.05, 0.1) is 5.56 Å². The van der Waals surface area contributed by atoms with Crippen LogP contribution in [0, 0.1) is 11.6 Å². The summed E-state index contributed by atoms with van der Waals surface area (Å²) in [7, 11) is 0. The SMILES string of the molecule is CC.O=C(O)c1c(Oc2ccc(OC(F)(F)F)c(F)c2Cl)ccc(C(F)(F)F)c1F. The average molecular weight is 467 g/mol. The fraction of sp³-hybridized carbons (Fsp3) is 0.235. The molecule has 2 rings (SSSR count). The summed E-state index contributed by atoms with van der Waals surface area (Å²) in [5.74, 6) is -9.21. The summed E-state index contributed by atoms with van der Waals surface area (Å²) in [6.07, 6.45) is -10.5. The smallest absolute Gasteiger partial charge is 0.477 e. The summed E-state index contributed by atoms with van der Waals surface area (Å²) in [5.41, 5.74) is -3.44. The predicted molar refractivity (Wildman–Crippen MR) is 87.9 cm³/mol. The monoisotopic (exact) mass is 466 g/mol. The Kier molecular flexibility index (Phi) is 7.89. The Hall–Kier alpha value is -2.76. The summed E-state index contributed by atoms with van der Waals surface area (Å²) in [5, 5.41) is 7.86. The lowest BCUT2D eigenvalue weighted by molar-refractivity contribution is -0.275. The Labute approximate surface area is 168 Å². The van der Waals surface area contributed by atoms with E-state index in [1.807, 2.05) is 13.8 Å². The van der Waals surface area contributed by atoms with Crippen molar-refractivity contribution in [2.24, 2.45) is 0 Å². The van der Waals surface area contributed by atoms with E-state index in [1.165, 1.54) is 0 Å². The van der Waals surface area contributed by atoms with E-state index in [0.29, 0.717) is 18.2 Å². The molecule has 2 aromatic rings. The molecule has 0 aliphatic carbocycles. The van der Waals surface area contributed by atoms with Crippen LogP contribution in [0.15, 0.2) is 24.3 Å². The Balaban J connectivity index is 0.00000218. The van der Waals surface area contributed by atoms with Crippen LogP contribution >= 0.6 is 11.6 Å². The highest BCUT2D eigenvalue weighted by Crippen LogP contribution is 2.41. The molecule has 0 bridgehead atoms. The van der Waals surface area contributed by atoms with E-state index in [9.17, 15) is 39.9 Å². The summed E-state index contributed by atoms with van der Waals surface area (Å²) in [4.78, 5) is 11.1. The Morgan fingerprint density at radius 1 is 0.900 bits per heavy atom. The maximum absolute atomic E-state index is 14.0. The lowest BCUT2D eigenvalue weighted by Crippen LogP contribution is -2.18. The molecule has 0 saturated heterocycles. The molecule has 0 unspecified atom stereocenters. The van der Waals surface area contributed by atoms with E-state index in [2.05, 4.69) is 4.74 Å². The molecule has 0 amide bonds. The van der Waals surface area contributed by atoms with E-state index in [0.717, 1.165) is 0 Å². The molecule has 0 atom stereocenters. The van der Waals surface area contributed by atoms with Crippen LogP contribution in [0.2, 0.25) is 5.02 Å². The number of hydrogen-bond acceptors (Lipinski definition) is 3. The van der Waals surface area contributed by atoms with Gasteiger partial charge in [0.25, 0.3) is 0 Å². The molecule has 166 valence electrons. The van der Waals surface area contributed by atoms with E-state index < -0.39 is 63.5 Å². The van der Waals surface area contributed by atoms with Crippen molar-refractivity contribution in [3.63, 3.8) is 0 Å². The van der Waals surface area contributed by atoms with Crippen molar-refractivity contribution >= 4 is 17.6 Å². The quantitative estimate of drug-likeness (QED) is 0.490. The molecule has 0 fully saturated rings. The van der Waals surface area contributed by atoms with Crippen LogP contribution in [0.25, 0.3) is 0 Å². The molecule has 0 aliphatic rings. The topological polar surface area (TPSA) is 55.8 Å². The normalized spacial score (nSPS) is 11.4. The fourth-order valence-corrected chi connectivity index (χ4v) is 2.17. The number of hydrogen-bond donors (Lipinski definition) is 1. The van der Waals surface area contributed by atoms with Gasteiger partial charge in [-0.15, -0.1) is 13.2 Å². The minimum Gasteiger partial charge on any atom is -0.477 e. The van der Waals surface area contributed by atoms with Crippen molar-refractivity contribution in [1.82, 2.24) is 0 Å². The molecular weight excluding hydrogens is 456 g/mol. The standard InChI is InChI=1S/C15H5ClF8O4.C2H6/c16-10-7(3-4-8(12(10)18)28-15(22,23)24)27-6-2-1-5(14(19,20)21)11(17)9(6)13(25)26;1-2/h1-4H,(H,25,26);1-2H3. The van der Waals surface area contributed by atoms with Crippen LogP contribution in [-0.2, 0) is 6.18 Å². The zero-order valence-electron chi connectivity index (χ0n) is 14.9. The third-order valence-corrected chi connectivity index (χ3v) is 3.43. The van der Waals surface area contributed by atoms with Gasteiger partial charge in [-0.1, -0.05) is 25.4 Å². The largest absolute Gasteiger partial charge is 0.573 e. The van der Waals surface area contributed by atoms with Crippen molar-refractivity contribution in [1.29, 1.82) is 0 Å². The van der Waals surface area contributed by atoms with Gasteiger partial charge in [-0.25, -0.2) is 13.6 Å². The van der Waals surface area contributed by atoms with Crippen molar-refractivity contribution in [3.8, 4) is 17.2 Å². The zero-order chi connectivity index (χ0) is 23.4. The number of benzene rings is 2. The molecule has 0 spiro atoms. The Bertz CT molecular complexity index is 925. The van der Waals surface area contributed by atoms with Gasteiger partial charge in [-0.2, -0.15) is 13.2 Å². The van der Waals surface area contributed by atoms with Gasteiger partial charge in [0.15, 0.2) is 17.4 Å². The molecule has 0 heterocycles. The van der Waals surface area contributed by atoms with Crippen LogP contribution in [0.1, 0.15) is 29.8 Å². The van der Waals surface area contributed by atoms with Gasteiger partial charge in [0.1, 0.15) is 22.1 Å². The van der Waals surface area contributed by atoms with Gasteiger partial charge in [0.2, 0.25) is 0 Å². The second-order valence-corrected chi connectivity index (χ2v) is 5.32. The average Bonchev–Trinajstić information content (AvgIpc) is 2.61. The second kappa shape index (κ2) is 9.37. The van der Waals surface area contributed by atoms with Gasteiger partial charge in [-0.3, -0.25) is 0 Å². The Morgan fingerprint density at radius 2 is 1.40 bits per heavy atom. The number of alkyl halides is 6. The van der Waals surface area contributed by atoms with Crippen molar-refractivity contribution < 1.29 is 54.5 Å². The first kappa shape index (κ1) is 25.3. The van der Waals surface area contributed by atoms with Gasteiger partial charge >= 0.3 is 18.5 Å². The lowest BCUT2D eigenvalue weighted by atomic mass is 10.1. The van der Waals surface area contributed by atoms with Gasteiger partial charge in [0, 0.05) is 0 Å². The maximum atomic E-state index is 14.0. The number of aromatic carboxylic acids is 1. The molecule has 30 heavy (non-hydrogen) atoms. The Morgan fingerprint density at radius 3 is 1.87 bits per heavy atom. The summed E-state index contributed by atoms with van der Waals surface area (Å²) < 4.78 is 111. The van der Waals surface area contributed by atoms with E-state index >= 15 is 0 Å². The number of halogens is 9. The van der Waals surface area contributed by atoms with Gasteiger partial charge < -0.3 is 14.6 Å². The number of carbonyl (C=O) groups is 1. The van der Waals surface area contributed by atoms with E-state index in [-0.39, 0.29) is 6.07 Å². The molecule has 1 N–H and O–H groups in total. The van der Waals surface area contributed by atoms with E-state index in [4.69, 9.17) is 21.4 Å². The minimum atomic E-state index is -5.25. The number of carboxylic acids is 1.